The van der Waals surface area contributed by atoms with Gasteiger partial charge >= 0.3 is 0 Å². The molecule has 0 bridgehead atoms. The lowest BCUT2D eigenvalue weighted by Crippen LogP contribution is -2.29. The van der Waals surface area contributed by atoms with Crippen LogP contribution in [0.5, 0.6) is 5.75 Å². The Morgan fingerprint density at radius 2 is 1.56 bits per heavy atom. The van der Waals surface area contributed by atoms with Crippen molar-refractivity contribution < 1.29 is 4.74 Å². The Kier molecular flexibility index (Phi) is 8.09. The van der Waals surface area contributed by atoms with Crippen molar-refractivity contribution in [2.45, 2.75) is 97.3 Å². The van der Waals surface area contributed by atoms with Crippen molar-refractivity contribution in [2.75, 3.05) is 6.61 Å². The molecule has 1 nitrogen and oxygen atoms in total. The highest BCUT2D eigenvalue weighted by Gasteiger charge is 2.34. The molecule has 3 unspecified atom stereocenters. The summed E-state index contributed by atoms with van der Waals surface area (Å²) in [4.78, 5) is 0. The molecule has 0 spiro atoms. The summed E-state index contributed by atoms with van der Waals surface area (Å²) in [5, 5.41) is 0. The summed E-state index contributed by atoms with van der Waals surface area (Å²) in [6.07, 6.45) is 15.7. The Labute approximate surface area is 168 Å². The van der Waals surface area contributed by atoms with Crippen LogP contribution < -0.4 is 4.74 Å². The fraction of sp³-hybridized carbons (Fsp3) is 0.769. The first-order chi connectivity index (χ1) is 13.2. The first-order valence-corrected chi connectivity index (χ1v) is 11.9. The van der Waals surface area contributed by atoms with E-state index in [9.17, 15) is 0 Å². The third kappa shape index (κ3) is 5.75. The first kappa shape index (κ1) is 20.7. The van der Waals surface area contributed by atoms with Gasteiger partial charge in [-0.05, 0) is 85.8 Å². The molecule has 0 aliphatic heterocycles. The van der Waals surface area contributed by atoms with Gasteiger partial charge in [0, 0.05) is 0 Å². The fourth-order valence-electron chi connectivity index (χ4n) is 5.83. The highest BCUT2D eigenvalue weighted by molar-refractivity contribution is 5.30. The van der Waals surface area contributed by atoms with E-state index in [0.717, 1.165) is 48.4 Å². The summed E-state index contributed by atoms with van der Waals surface area (Å²) >= 11 is 0. The largest absolute Gasteiger partial charge is 0.494 e. The van der Waals surface area contributed by atoms with Crippen LogP contribution in [0, 0.1) is 23.7 Å². The zero-order valence-electron chi connectivity index (χ0n) is 18.1. The Bertz CT molecular complexity index is 526. The summed E-state index contributed by atoms with van der Waals surface area (Å²) in [6.45, 7) is 7.82. The lowest BCUT2D eigenvalue weighted by atomic mass is 9.65. The molecule has 3 rings (SSSR count). The number of unbranched alkanes of at least 4 members (excludes halogenated alkanes) is 1. The maximum Gasteiger partial charge on any atom is 0.119 e. The van der Waals surface area contributed by atoms with Gasteiger partial charge in [0.15, 0.2) is 0 Å². The lowest BCUT2D eigenvalue weighted by molar-refractivity contribution is 0.130. The minimum absolute atomic E-state index is 0.752. The second kappa shape index (κ2) is 10.5. The van der Waals surface area contributed by atoms with Gasteiger partial charge in [0.25, 0.3) is 0 Å². The van der Waals surface area contributed by atoms with Crippen molar-refractivity contribution in [3.05, 3.63) is 29.8 Å². The number of benzene rings is 1. The molecule has 0 heterocycles. The number of hydrogen-bond acceptors (Lipinski definition) is 1. The van der Waals surface area contributed by atoms with Crippen molar-refractivity contribution in [2.24, 2.45) is 23.7 Å². The van der Waals surface area contributed by atoms with Gasteiger partial charge < -0.3 is 4.74 Å². The van der Waals surface area contributed by atoms with E-state index in [1.54, 1.807) is 0 Å². The van der Waals surface area contributed by atoms with Crippen LogP contribution in [0.25, 0.3) is 0 Å². The van der Waals surface area contributed by atoms with Gasteiger partial charge in [-0.25, -0.2) is 0 Å². The Balaban J connectivity index is 1.48. The standard InChI is InChI=1S/C26H42O/c1-4-6-7-21-8-10-22(11-9-21)24-14-17-26(20(3)19-24)23-12-15-25(16-13-23)27-18-5-2/h12-13,15-16,20-22,24,26H,4-11,14,17-19H2,1-3H3/t20?,21-,22-,24?,26?. The van der Waals surface area contributed by atoms with E-state index in [-0.39, 0.29) is 0 Å². The number of rotatable bonds is 8. The van der Waals surface area contributed by atoms with Gasteiger partial charge in [0.2, 0.25) is 0 Å². The molecule has 0 amide bonds. The van der Waals surface area contributed by atoms with E-state index < -0.39 is 0 Å². The van der Waals surface area contributed by atoms with Crippen LogP contribution in [-0.4, -0.2) is 6.61 Å². The van der Waals surface area contributed by atoms with Gasteiger partial charge in [-0.3, -0.25) is 0 Å². The molecule has 3 atom stereocenters. The van der Waals surface area contributed by atoms with Gasteiger partial charge in [-0.1, -0.05) is 65.0 Å². The zero-order valence-corrected chi connectivity index (χ0v) is 18.1. The number of ether oxygens (including phenoxy) is 1. The van der Waals surface area contributed by atoms with E-state index in [1.165, 1.54) is 69.8 Å². The maximum atomic E-state index is 5.75. The van der Waals surface area contributed by atoms with Crippen LogP contribution in [0.1, 0.15) is 103 Å². The zero-order chi connectivity index (χ0) is 19.1. The third-order valence-corrected chi connectivity index (χ3v) is 7.51. The molecule has 0 N–H and O–H groups in total. The second-order valence-electron chi connectivity index (χ2n) is 9.50. The minimum Gasteiger partial charge on any atom is -0.494 e. The summed E-state index contributed by atoms with van der Waals surface area (Å²) in [6, 6.07) is 9.01. The predicted molar refractivity (Wildman–Crippen MR) is 116 cm³/mol. The summed E-state index contributed by atoms with van der Waals surface area (Å²) < 4.78 is 5.75. The normalized spacial score (nSPS) is 31.6. The van der Waals surface area contributed by atoms with E-state index in [2.05, 4.69) is 45.0 Å². The molecule has 2 aliphatic rings. The summed E-state index contributed by atoms with van der Waals surface area (Å²) in [5.74, 6) is 5.67. The number of hydrogen-bond donors (Lipinski definition) is 0. The van der Waals surface area contributed by atoms with Crippen LogP contribution in [0.4, 0.5) is 0 Å². The molecular formula is C26H42O. The van der Waals surface area contributed by atoms with Crippen molar-refractivity contribution in [3.63, 3.8) is 0 Å². The third-order valence-electron chi connectivity index (χ3n) is 7.51. The average molecular weight is 371 g/mol. The molecular weight excluding hydrogens is 328 g/mol. The molecule has 2 fully saturated rings. The molecule has 0 saturated heterocycles. The molecule has 152 valence electrons. The van der Waals surface area contributed by atoms with E-state index in [0.29, 0.717) is 0 Å². The van der Waals surface area contributed by atoms with E-state index in [1.807, 2.05) is 0 Å². The van der Waals surface area contributed by atoms with Crippen molar-refractivity contribution in [3.8, 4) is 5.75 Å². The first-order valence-electron chi connectivity index (χ1n) is 11.9. The highest BCUT2D eigenvalue weighted by atomic mass is 16.5. The topological polar surface area (TPSA) is 9.23 Å². The second-order valence-corrected chi connectivity index (χ2v) is 9.50. The predicted octanol–water partition coefficient (Wildman–Crippen LogP) is 7.99. The van der Waals surface area contributed by atoms with Crippen LogP contribution in [0.2, 0.25) is 0 Å². The van der Waals surface area contributed by atoms with Gasteiger partial charge in [-0.15, -0.1) is 0 Å². The molecule has 2 aliphatic carbocycles. The molecule has 2 saturated carbocycles. The SMILES string of the molecule is CCCC[C@H]1CC[C@H](C2CCC(c3ccc(OCCC)cc3)C(C)C2)CC1. The van der Waals surface area contributed by atoms with E-state index >= 15 is 0 Å². The van der Waals surface area contributed by atoms with Crippen LogP contribution in [0.15, 0.2) is 24.3 Å². The van der Waals surface area contributed by atoms with E-state index in [4.69, 9.17) is 4.74 Å². The lowest BCUT2D eigenvalue weighted by Gasteiger charge is -2.41. The van der Waals surface area contributed by atoms with Gasteiger partial charge in [0.1, 0.15) is 5.75 Å². The maximum absolute atomic E-state index is 5.75. The molecule has 1 heteroatoms. The molecule has 1 aromatic rings. The Morgan fingerprint density at radius 1 is 0.852 bits per heavy atom. The van der Waals surface area contributed by atoms with Gasteiger partial charge in [-0.2, -0.15) is 0 Å². The Hall–Kier alpha value is -0.980. The summed E-state index contributed by atoms with van der Waals surface area (Å²) in [7, 11) is 0. The smallest absolute Gasteiger partial charge is 0.119 e. The van der Waals surface area contributed by atoms with Gasteiger partial charge in [0.05, 0.1) is 6.61 Å². The monoisotopic (exact) mass is 370 g/mol. The fourth-order valence-corrected chi connectivity index (χ4v) is 5.83. The van der Waals surface area contributed by atoms with Crippen LogP contribution >= 0.6 is 0 Å². The van der Waals surface area contributed by atoms with Crippen molar-refractivity contribution in [1.29, 1.82) is 0 Å². The average Bonchev–Trinajstić information content (AvgIpc) is 2.71. The highest BCUT2D eigenvalue weighted by Crippen LogP contribution is 2.47. The van der Waals surface area contributed by atoms with Crippen LogP contribution in [-0.2, 0) is 0 Å². The molecule has 1 aromatic carbocycles. The Morgan fingerprint density at radius 3 is 2.19 bits per heavy atom. The molecule has 0 radical (unpaired) electrons. The molecule has 27 heavy (non-hydrogen) atoms. The molecule has 0 aromatic heterocycles. The van der Waals surface area contributed by atoms with Crippen molar-refractivity contribution >= 4 is 0 Å². The van der Waals surface area contributed by atoms with Crippen LogP contribution in [0.3, 0.4) is 0 Å². The quantitative estimate of drug-likeness (QED) is 0.450. The minimum atomic E-state index is 0.752. The summed E-state index contributed by atoms with van der Waals surface area (Å²) in [5.41, 5.74) is 1.54. The van der Waals surface area contributed by atoms with Crippen molar-refractivity contribution in [1.82, 2.24) is 0 Å².